The molecule has 0 aromatic heterocycles. The molecule has 1 rings (SSSR count). The number of anilines is 1. The van der Waals surface area contributed by atoms with Gasteiger partial charge in [0.25, 0.3) is 5.91 Å². The fourth-order valence-electron chi connectivity index (χ4n) is 1.68. The highest BCUT2D eigenvalue weighted by molar-refractivity contribution is 5.99. The van der Waals surface area contributed by atoms with Gasteiger partial charge in [-0.3, -0.25) is 4.79 Å². The molecule has 17 heavy (non-hydrogen) atoms. The summed E-state index contributed by atoms with van der Waals surface area (Å²) in [5.41, 5.74) is 7.98. The molecule has 0 fully saturated rings. The Kier molecular flexibility index (Phi) is 4.32. The van der Waals surface area contributed by atoms with Crippen molar-refractivity contribution in [1.82, 2.24) is 4.90 Å². The van der Waals surface area contributed by atoms with Crippen LogP contribution in [0.2, 0.25) is 0 Å². The Morgan fingerprint density at radius 3 is 2.71 bits per heavy atom. The molecule has 0 radical (unpaired) electrons. The lowest BCUT2D eigenvalue weighted by atomic mass is 10.1. The first-order valence-electron chi connectivity index (χ1n) is 5.75. The number of amides is 1. The number of hydrogen-bond donors (Lipinski definition) is 1. The van der Waals surface area contributed by atoms with Gasteiger partial charge in [-0.1, -0.05) is 17.7 Å². The van der Waals surface area contributed by atoms with Crippen molar-refractivity contribution in [3.63, 3.8) is 0 Å². The maximum absolute atomic E-state index is 12.3. The van der Waals surface area contributed by atoms with Crippen molar-refractivity contribution in [2.24, 2.45) is 0 Å². The molecule has 3 heteroatoms. The number of nitrogens with zero attached hydrogens (tertiary/aromatic N) is 1. The van der Waals surface area contributed by atoms with E-state index in [4.69, 9.17) is 5.73 Å². The molecule has 1 aromatic carbocycles. The van der Waals surface area contributed by atoms with Gasteiger partial charge < -0.3 is 10.6 Å². The monoisotopic (exact) mass is 232 g/mol. The summed E-state index contributed by atoms with van der Waals surface area (Å²) in [7, 11) is 0. The van der Waals surface area contributed by atoms with Crippen LogP contribution in [-0.2, 0) is 0 Å². The first kappa shape index (κ1) is 13.3. The molecule has 0 saturated carbocycles. The van der Waals surface area contributed by atoms with Crippen LogP contribution >= 0.6 is 0 Å². The van der Waals surface area contributed by atoms with Crippen molar-refractivity contribution in [3.05, 3.63) is 42.0 Å². The maximum Gasteiger partial charge on any atom is 0.256 e. The summed E-state index contributed by atoms with van der Waals surface area (Å²) in [6.07, 6.45) is 1.73. The highest BCUT2D eigenvalue weighted by Crippen LogP contribution is 2.17. The van der Waals surface area contributed by atoms with Crippen LogP contribution in [0.4, 0.5) is 5.69 Å². The molecule has 2 N–H and O–H groups in total. The number of aryl methyl sites for hydroxylation is 1. The van der Waals surface area contributed by atoms with E-state index in [-0.39, 0.29) is 11.9 Å². The largest absolute Gasteiger partial charge is 0.398 e. The lowest BCUT2D eigenvalue weighted by molar-refractivity contribution is 0.0730. The van der Waals surface area contributed by atoms with Crippen molar-refractivity contribution in [2.75, 3.05) is 12.3 Å². The maximum atomic E-state index is 12.3. The second-order valence-corrected chi connectivity index (χ2v) is 4.43. The Balaban J connectivity index is 3.08. The number of carbonyl (C=O) groups excluding carboxylic acids is 1. The van der Waals surface area contributed by atoms with Crippen LogP contribution in [0.15, 0.2) is 30.9 Å². The van der Waals surface area contributed by atoms with Gasteiger partial charge in [0.1, 0.15) is 0 Å². The van der Waals surface area contributed by atoms with Crippen molar-refractivity contribution in [1.29, 1.82) is 0 Å². The Hall–Kier alpha value is -1.77. The van der Waals surface area contributed by atoms with Crippen LogP contribution in [0.3, 0.4) is 0 Å². The molecule has 0 aliphatic rings. The van der Waals surface area contributed by atoms with Gasteiger partial charge in [0, 0.05) is 18.3 Å². The van der Waals surface area contributed by atoms with E-state index < -0.39 is 0 Å². The molecular weight excluding hydrogens is 212 g/mol. The normalized spacial score (nSPS) is 10.4. The van der Waals surface area contributed by atoms with Crippen LogP contribution < -0.4 is 5.73 Å². The van der Waals surface area contributed by atoms with Gasteiger partial charge >= 0.3 is 0 Å². The van der Waals surface area contributed by atoms with Gasteiger partial charge in [-0.2, -0.15) is 0 Å². The standard InChI is InChI=1S/C14H20N2O/c1-5-8-16(10(2)3)14(17)12-9-11(4)6-7-13(12)15/h5-7,9-10H,1,8,15H2,2-4H3. The van der Waals surface area contributed by atoms with Crippen molar-refractivity contribution in [2.45, 2.75) is 26.8 Å². The second kappa shape index (κ2) is 5.53. The predicted octanol–water partition coefficient (Wildman–Crippen LogP) is 2.61. The Bertz CT molecular complexity index is 424. The molecule has 0 atom stereocenters. The van der Waals surface area contributed by atoms with E-state index in [2.05, 4.69) is 6.58 Å². The van der Waals surface area contributed by atoms with E-state index in [1.165, 1.54) is 0 Å². The van der Waals surface area contributed by atoms with E-state index in [9.17, 15) is 4.79 Å². The molecule has 0 aliphatic heterocycles. The molecule has 0 heterocycles. The number of nitrogen functional groups attached to an aromatic ring is 1. The smallest absolute Gasteiger partial charge is 0.256 e. The third-order valence-corrected chi connectivity index (χ3v) is 2.65. The topological polar surface area (TPSA) is 46.3 Å². The average Bonchev–Trinajstić information content (AvgIpc) is 2.28. The molecule has 0 saturated heterocycles. The Morgan fingerprint density at radius 2 is 2.18 bits per heavy atom. The average molecular weight is 232 g/mol. The van der Waals surface area contributed by atoms with Crippen molar-refractivity contribution in [3.8, 4) is 0 Å². The predicted molar refractivity (Wildman–Crippen MR) is 72.0 cm³/mol. The highest BCUT2D eigenvalue weighted by Gasteiger charge is 2.19. The molecule has 0 spiro atoms. The third kappa shape index (κ3) is 3.09. The SMILES string of the molecule is C=CCN(C(=O)c1cc(C)ccc1N)C(C)C. The first-order valence-corrected chi connectivity index (χ1v) is 5.75. The van der Waals surface area contributed by atoms with Crippen LogP contribution in [0.25, 0.3) is 0 Å². The highest BCUT2D eigenvalue weighted by atomic mass is 16.2. The van der Waals surface area contributed by atoms with E-state index in [1.807, 2.05) is 32.9 Å². The van der Waals surface area contributed by atoms with Crippen LogP contribution in [-0.4, -0.2) is 23.4 Å². The second-order valence-electron chi connectivity index (χ2n) is 4.43. The minimum atomic E-state index is -0.0406. The quantitative estimate of drug-likeness (QED) is 0.640. The van der Waals surface area contributed by atoms with Gasteiger partial charge in [-0.25, -0.2) is 0 Å². The lowest BCUT2D eigenvalue weighted by Gasteiger charge is -2.26. The zero-order valence-corrected chi connectivity index (χ0v) is 10.7. The fraction of sp³-hybridized carbons (Fsp3) is 0.357. The van der Waals surface area contributed by atoms with E-state index in [0.29, 0.717) is 17.8 Å². The number of rotatable bonds is 4. The molecule has 1 aromatic rings. The van der Waals surface area contributed by atoms with Gasteiger partial charge in [0.05, 0.1) is 5.56 Å². The summed E-state index contributed by atoms with van der Waals surface area (Å²) in [6, 6.07) is 5.63. The third-order valence-electron chi connectivity index (χ3n) is 2.65. The van der Waals surface area contributed by atoms with Crippen molar-refractivity contribution < 1.29 is 4.79 Å². The minimum Gasteiger partial charge on any atom is -0.398 e. The molecule has 92 valence electrons. The first-order chi connectivity index (χ1) is 7.97. The summed E-state index contributed by atoms with van der Waals surface area (Å²) in [4.78, 5) is 14.1. The van der Waals surface area contributed by atoms with Gasteiger partial charge in [0.15, 0.2) is 0 Å². The summed E-state index contributed by atoms with van der Waals surface area (Å²) in [5.74, 6) is -0.0406. The summed E-state index contributed by atoms with van der Waals surface area (Å²) >= 11 is 0. The summed E-state index contributed by atoms with van der Waals surface area (Å²) in [5, 5.41) is 0. The molecule has 3 nitrogen and oxygen atoms in total. The number of hydrogen-bond acceptors (Lipinski definition) is 2. The molecular formula is C14H20N2O. The number of benzene rings is 1. The van der Waals surface area contributed by atoms with E-state index in [0.717, 1.165) is 5.56 Å². The zero-order valence-electron chi connectivity index (χ0n) is 10.7. The van der Waals surface area contributed by atoms with E-state index >= 15 is 0 Å². The number of nitrogens with two attached hydrogens (primary N) is 1. The van der Waals surface area contributed by atoms with Gasteiger partial charge in [0.2, 0.25) is 0 Å². The Labute approximate surface area is 103 Å². The fourth-order valence-corrected chi connectivity index (χ4v) is 1.68. The molecule has 0 unspecified atom stereocenters. The van der Waals surface area contributed by atoms with Crippen LogP contribution in [0.5, 0.6) is 0 Å². The summed E-state index contributed by atoms with van der Waals surface area (Å²) in [6.45, 7) is 10.1. The number of carbonyl (C=O) groups is 1. The molecule has 1 amide bonds. The molecule has 0 aliphatic carbocycles. The zero-order chi connectivity index (χ0) is 13.0. The van der Waals surface area contributed by atoms with Crippen molar-refractivity contribution >= 4 is 11.6 Å². The Morgan fingerprint density at radius 1 is 1.53 bits per heavy atom. The van der Waals surface area contributed by atoms with Gasteiger partial charge in [-0.05, 0) is 32.9 Å². The van der Waals surface area contributed by atoms with E-state index in [1.54, 1.807) is 17.0 Å². The van der Waals surface area contributed by atoms with Gasteiger partial charge in [-0.15, -0.1) is 6.58 Å². The summed E-state index contributed by atoms with van der Waals surface area (Å²) < 4.78 is 0. The van der Waals surface area contributed by atoms with Crippen LogP contribution in [0, 0.1) is 6.92 Å². The lowest BCUT2D eigenvalue weighted by Crippen LogP contribution is -2.37. The minimum absolute atomic E-state index is 0.0406. The van der Waals surface area contributed by atoms with Crippen LogP contribution in [0.1, 0.15) is 29.8 Å². The molecule has 0 bridgehead atoms.